The van der Waals surface area contributed by atoms with Crippen molar-refractivity contribution in [1.82, 2.24) is 4.90 Å². The molecule has 0 saturated carbocycles. The lowest BCUT2D eigenvalue weighted by atomic mass is 10.0. The lowest BCUT2D eigenvalue weighted by Crippen LogP contribution is -2.25. The summed E-state index contributed by atoms with van der Waals surface area (Å²) in [5.74, 6) is 1.73. The maximum atomic E-state index is 5.41. The Morgan fingerprint density at radius 2 is 2.05 bits per heavy atom. The van der Waals surface area contributed by atoms with Crippen LogP contribution in [0.5, 0.6) is 5.75 Å². The van der Waals surface area contributed by atoms with Gasteiger partial charge in [0, 0.05) is 20.3 Å². The van der Waals surface area contributed by atoms with Gasteiger partial charge in [0.05, 0.1) is 7.11 Å². The highest BCUT2D eigenvalue weighted by Crippen LogP contribution is 2.24. The van der Waals surface area contributed by atoms with Crippen molar-refractivity contribution in [3.8, 4) is 5.75 Å². The summed E-state index contributed by atoms with van der Waals surface area (Å²) in [6.45, 7) is 6.45. The standard InChI is InChI=1S/C17H27NO2/c1-14-16(7-4-8-17(14)20-3)12-18-10-5-6-15(9-11-18)13-19-2/h4,7-8,15H,5-6,9-13H2,1-3H3/t15-/m0/s1. The average Bonchev–Trinajstić information content (AvgIpc) is 2.67. The molecule has 0 aliphatic carbocycles. The molecule has 1 aliphatic heterocycles. The molecule has 1 aromatic carbocycles. The third-order valence-electron chi connectivity index (χ3n) is 4.35. The van der Waals surface area contributed by atoms with Crippen LogP contribution in [0.3, 0.4) is 0 Å². The molecule has 0 spiro atoms. The fourth-order valence-corrected chi connectivity index (χ4v) is 3.08. The zero-order valence-corrected chi connectivity index (χ0v) is 13.0. The van der Waals surface area contributed by atoms with Crippen LogP contribution < -0.4 is 4.74 Å². The molecule has 0 unspecified atom stereocenters. The van der Waals surface area contributed by atoms with Crippen LogP contribution in [0.25, 0.3) is 0 Å². The number of nitrogens with zero attached hydrogens (tertiary/aromatic N) is 1. The fraction of sp³-hybridized carbons (Fsp3) is 0.647. The number of methoxy groups -OCH3 is 2. The van der Waals surface area contributed by atoms with Gasteiger partial charge in [-0.3, -0.25) is 4.90 Å². The van der Waals surface area contributed by atoms with E-state index < -0.39 is 0 Å². The van der Waals surface area contributed by atoms with Gasteiger partial charge in [-0.25, -0.2) is 0 Å². The van der Waals surface area contributed by atoms with Crippen molar-refractivity contribution in [2.45, 2.75) is 32.7 Å². The van der Waals surface area contributed by atoms with Crippen LogP contribution in [0.4, 0.5) is 0 Å². The first-order chi connectivity index (χ1) is 9.74. The predicted octanol–water partition coefficient (Wildman–Crippen LogP) is 3.25. The van der Waals surface area contributed by atoms with Gasteiger partial charge in [0.25, 0.3) is 0 Å². The molecule has 0 bridgehead atoms. The van der Waals surface area contributed by atoms with E-state index in [0.717, 1.165) is 24.8 Å². The zero-order valence-electron chi connectivity index (χ0n) is 13.0. The highest BCUT2D eigenvalue weighted by Gasteiger charge is 2.17. The van der Waals surface area contributed by atoms with Gasteiger partial charge in [0.2, 0.25) is 0 Å². The number of benzene rings is 1. The zero-order chi connectivity index (χ0) is 14.4. The van der Waals surface area contributed by atoms with Gasteiger partial charge in [-0.15, -0.1) is 0 Å². The fourth-order valence-electron chi connectivity index (χ4n) is 3.08. The molecule has 0 aromatic heterocycles. The highest BCUT2D eigenvalue weighted by molar-refractivity contribution is 5.39. The summed E-state index contributed by atoms with van der Waals surface area (Å²) in [5, 5.41) is 0. The van der Waals surface area contributed by atoms with Crippen LogP contribution >= 0.6 is 0 Å². The van der Waals surface area contributed by atoms with Crippen molar-refractivity contribution in [1.29, 1.82) is 0 Å². The van der Waals surface area contributed by atoms with Gasteiger partial charge in [0.15, 0.2) is 0 Å². The van der Waals surface area contributed by atoms with Crippen LogP contribution in [0.15, 0.2) is 18.2 Å². The molecular weight excluding hydrogens is 250 g/mol. The maximum absolute atomic E-state index is 5.41. The molecule has 1 aromatic rings. The molecule has 2 rings (SSSR count). The van der Waals surface area contributed by atoms with Gasteiger partial charge >= 0.3 is 0 Å². The summed E-state index contributed by atoms with van der Waals surface area (Å²) < 4.78 is 10.7. The third-order valence-corrected chi connectivity index (χ3v) is 4.35. The predicted molar refractivity (Wildman–Crippen MR) is 82.2 cm³/mol. The summed E-state index contributed by atoms with van der Waals surface area (Å²) in [4.78, 5) is 2.57. The molecule has 0 N–H and O–H groups in total. The van der Waals surface area contributed by atoms with Gasteiger partial charge < -0.3 is 9.47 Å². The molecule has 3 nitrogen and oxygen atoms in total. The van der Waals surface area contributed by atoms with Gasteiger partial charge in [-0.1, -0.05) is 12.1 Å². The number of rotatable bonds is 5. The molecule has 1 saturated heterocycles. The monoisotopic (exact) mass is 277 g/mol. The Bertz CT molecular complexity index is 419. The summed E-state index contributed by atoms with van der Waals surface area (Å²) in [6, 6.07) is 6.35. The molecule has 112 valence electrons. The quantitative estimate of drug-likeness (QED) is 0.824. The van der Waals surface area contributed by atoms with E-state index in [1.165, 1.54) is 43.5 Å². The van der Waals surface area contributed by atoms with Crippen LogP contribution in [-0.2, 0) is 11.3 Å². The molecular formula is C17H27NO2. The first kappa shape index (κ1) is 15.3. The SMILES string of the molecule is COC[C@H]1CCCN(Cc2cccc(OC)c2C)CC1. The Hall–Kier alpha value is -1.06. The summed E-state index contributed by atoms with van der Waals surface area (Å²) in [7, 11) is 3.55. The Morgan fingerprint density at radius 3 is 2.80 bits per heavy atom. The molecule has 1 heterocycles. The molecule has 1 atom stereocenters. The van der Waals surface area contributed by atoms with E-state index in [4.69, 9.17) is 9.47 Å². The lowest BCUT2D eigenvalue weighted by molar-refractivity contribution is 0.143. The minimum Gasteiger partial charge on any atom is -0.496 e. The van der Waals surface area contributed by atoms with E-state index in [1.54, 1.807) is 7.11 Å². The van der Waals surface area contributed by atoms with Crippen molar-refractivity contribution in [2.24, 2.45) is 5.92 Å². The van der Waals surface area contributed by atoms with Gasteiger partial charge in [0.1, 0.15) is 5.75 Å². The average molecular weight is 277 g/mol. The molecule has 3 heteroatoms. The van der Waals surface area contributed by atoms with E-state index in [-0.39, 0.29) is 0 Å². The Kier molecular flexibility index (Phi) is 5.86. The Balaban J connectivity index is 1.96. The maximum Gasteiger partial charge on any atom is 0.122 e. The minimum atomic E-state index is 0.733. The molecule has 20 heavy (non-hydrogen) atoms. The Morgan fingerprint density at radius 1 is 1.20 bits per heavy atom. The minimum absolute atomic E-state index is 0.733. The van der Waals surface area contributed by atoms with Crippen molar-refractivity contribution < 1.29 is 9.47 Å². The second kappa shape index (κ2) is 7.65. The number of ether oxygens (including phenoxy) is 2. The van der Waals surface area contributed by atoms with E-state index >= 15 is 0 Å². The van der Waals surface area contributed by atoms with E-state index in [1.807, 2.05) is 13.2 Å². The van der Waals surface area contributed by atoms with Gasteiger partial charge in [-0.2, -0.15) is 0 Å². The van der Waals surface area contributed by atoms with Crippen LogP contribution in [-0.4, -0.2) is 38.8 Å². The number of hydrogen-bond donors (Lipinski definition) is 0. The molecule has 0 radical (unpaired) electrons. The van der Waals surface area contributed by atoms with Crippen molar-refractivity contribution in [3.63, 3.8) is 0 Å². The Labute approximate surface area is 122 Å². The summed E-state index contributed by atoms with van der Waals surface area (Å²) in [5.41, 5.74) is 2.65. The largest absolute Gasteiger partial charge is 0.496 e. The molecule has 1 fully saturated rings. The smallest absolute Gasteiger partial charge is 0.122 e. The van der Waals surface area contributed by atoms with Crippen molar-refractivity contribution in [2.75, 3.05) is 33.9 Å². The van der Waals surface area contributed by atoms with Crippen molar-refractivity contribution in [3.05, 3.63) is 29.3 Å². The topological polar surface area (TPSA) is 21.7 Å². The highest BCUT2D eigenvalue weighted by atomic mass is 16.5. The summed E-state index contributed by atoms with van der Waals surface area (Å²) in [6.07, 6.45) is 3.81. The van der Waals surface area contributed by atoms with E-state index in [2.05, 4.69) is 24.0 Å². The van der Waals surface area contributed by atoms with Crippen LogP contribution in [0.1, 0.15) is 30.4 Å². The van der Waals surface area contributed by atoms with Crippen molar-refractivity contribution >= 4 is 0 Å². The molecule has 0 amide bonds. The van der Waals surface area contributed by atoms with Gasteiger partial charge in [-0.05, 0) is 62.4 Å². The first-order valence-electron chi connectivity index (χ1n) is 7.58. The lowest BCUT2D eigenvalue weighted by Gasteiger charge is -2.22. The number of hydrogen-bond acceptors (Lipinski definition) is 3. The second-order valence-corrected chi connectivity index (χ2v) is 5.77. The van der Waals surface area contributed by atoms with E-state index in [0.29, 0.717) is 0 Å². The first-order valence-corrected chi connectivity index (χ1v) is 7.58. The van der Waals surface area contributed by atoms with Crippen LogP contribution in [0, 0.1) is 12.8 Å². The summed E-state index contributed by atoms with van der Waals surface area (Å²) >= 11 is 0. The van der Waals surface area contributed by atoms with Crippen LogP contribution in [0.2, 0.25) is 0 Å². The second-order valence-electron chi connectivity index (χ2n) is 5.77. The normalized spacial score (nSPS) is 20.6. The third kappa shape index (κ3) is 3.97. The number of likely N-dealkylation sites (tertiary alicyclic amines) is 1. The van der Waals surface area contributed by atoms with E-state index in [9.17, 15) is 0 Å². The molecule has 1 aliphatic rings.